The highest BCUT2D eigenvalue weighted by molar-refractivity contribution is 7.09. The Morgan fingerprint density at radius 3 is 2.65 bits per heavy atom. The lowest BCUT2D eigenvalue weighted by Crippen LogP contribution is -2.32. The minimum atomic E-state index is 0.553. The monoisotopic (exact) mass is 364 g/mol. The van der Waals surface area contributed by atoms with Gasteiger partial charge in [-0.25, -0.2) is 15.0 Å². The number of nitrogens with zero attached hydrogens (tertiary/aromatic N) is 4. The Kier molecular flexibility index (Phi) is 4.21. The maximum Gasteiger partial charge on any atom is 0.159 e. The topological polar surface area (TPSA) is 41.9 Å². The van der Waals surface area contributed by atoms with Crippen LogP contribution in [0.25, 0.3) is 11.0 Å². The van der Waals surface area contributed by atoms with Crippen LogP contribution in [0.15, 0.2) is 29.8 Å². The van der Waals surface area contributed by atoms with Crippen molar-refractivity contribution in [1.29, 1.82) is 0 Å². The van der Waals surface area contributed by atoms with E-state index in [4.69, 9.17) is 4.98 Å². The quantitative estimate of drug-likeness (QED) is 0.676. The number of aromatic nitrogens is 3. The minimum Gasteiger partial charge on any atom is -0.297 e. The summed E-state index contributed by atoms with van der Waals surface area (Å²) < 4.78 is 0. The fourth-order valence-electron chi connectivity index (χ4n) is 4.01. The van der Waals surface area contributed by atoms with Gasteiger partial charge in [0.15, 0.2) is 5.65 Å². The van der Waals surface area contributed by atoms with Crippen LogP contribution in [0.4, 0.5) is 0 Å². The van der Waals surface area contributed by atoms with Crippen LogP contribution in [0.2, 0.25) is 0 Å². The Bertz CT molecular complexity index is 923. The van der Waals surface area contributed by atoms with Crippen LogP contribution in [-0.4, -0.2) is 32.9 Å². The third-order valence-electron chi connectivity index (χ3n) is 5.69. The molecule has 1 saturated carbocycles. The van der Waals surface area contributed by atoms with Gasteiger partial charge < -0.3 is 0 Å². The molecule has 1 aliphatic carbocycles. The van der Waals surface area contributed by atoms with Gasteiger partial charge in [0.1, 0.15) is 0 Å². The molecule has 2 aliphatic rings. The van der Waals surface area contributed by atoms with Crippen molar-refractivity contribution in [3.63, 3.8) is 0 Å². The molecule has 0 amide bonds. The van der Waals surface area contributed by atoms with Crippen LogP contribution >= 0.6 is 11.3 Å². The predicted molar refractivity (Wildman–Crippen MR) is 106 cm³/mol. The smallest absolute Gasteiger partial charge is 0.159 e. The molecule has 0 bridgehead atoms. The predicted octanol–water partition coefficient (Wildman–Crippen LogP) is 4.65. The molecule has 0 atom stereocenters. The Morgan fingerprint density at radius 1 is 1.08 bits per heavy atom. The molecule has 3 aromatic heterocycles. The number of thiazole rings is 1. The lowest BCUT2D eigenvalue weighted by molar-refractivity contribution is 0.201. The standard InChI is InChI=1S/C21H24N4S/c1-14-23-19(13-26-14)12-25-8-6-16(7-9-25)20-5-4-17-10-18(15-2-3-15)11-22-21(17)24-20/h4-5,10-11,13,15-16H,2-3,6-9,12H2,1H3. The van der Waals surface area contributed by atoms with Gasteiger partial charge in [-0.3, -0.25) is 4.90 Å². The zero-order valence-corrected chi connectivity index (χ0v) is 16.0. The van der Waals surface area contributed by atoms with Crippen molar-refractivity contribution in [3.8, 4) is 0 Å². The first-order valence-electron chi connectivity index (χ1n) is 9.64. The van der Waals surface area contributed by atoms with Crippen molar-refractivity contribution in [2.75, 3.05) is 13.1 Å². The second kappa shape index (κ2) is 6.71. The number of piperidine rings is 1. The summed E-state index contributed by atoms with van der Waals surface area (Å²) in [7, 11) is 0. The lowest BCUT2D eigenvalue weighted by Gasteiger charge is -2.31. The van der Waals surface area contributed by atoms with Gasteiger partial charge in [-0.1, -0.05) is 0 Å². The summed E-state index contributed by atoms with van der Waals surface area (Å²) in [5.41, 5.74) is 4.73. The first-order chi connectivity index (χ1) is 12.7. The fourth-order valence-corrected chi connectivity index (χ4v) is 4.61. The average molecular weight is 365 g/mol. The van der Waals surface area contributed by atoms with Crippen molar-refractivity contribution in [1.82, 2.24) is 19.9 Å². The molecule has 4 nitrogen and oxygen atoms in total. The number of fused-ring (bicyclic) bond motifs is 1. The van der Waals surface area contributed by atoms with Crippen LogP contribution in [0, 0.1) is 6.92 Å². The molecule has 5 rings (SSSR count). The van der Waals surface area contributed by atoms with E-state index in [0.29, 0.717) is 5.92 Å². The summed E-state index contributed by atoms with van der Waals surface area (Å²) in [5, 5.41) is 4.54. The van der Waals surface area contributed by atoms with E-state index in [1.807, 2.05) is 6.20 Å². The van der Waals surface area contributed by atoms with Crippen LogP contribution in [-0.2, 0) is 6.54 Å². The van der Waals surface area contributed by atoms with Crippen LogP contribution < -0.4 is 0 Å². The van der Waals surface area contributed by atoms with Gasteiger partial charge >= 0.3 is 0 Å². The maximum absolute atomic E-state index is 4.89. The molecule has 5 heteroatoms. The Morgan fingerprint density at radius 2 is 1.92 bits per heavy atom. The van der Waals surface area contributed by atoms with Crippen molar-refractivity contribution < 1.29 is 0 Å². The Labute approximate surface area is 158 Å². The first-order valence-corrected chi connectivity index (χ1v) is 10.5. The van der Waals surface area contributed by atoms with Crippen molar-refractivity contribution in [3.05, 3.63) is 51.7 Å². The van der Waals surface area contributed by atoms with Crippen LogP contribution in [0.1, 0.15) is 59.5 Å². The minimum absolute atomic E-state index is 0.553. The van der Waals surface area contributed by atoms with E-state index in [9.17, 15) is 0 Å². The molecule has 134 valence electrons. The average Bonchev–Trinajstić information content (AvgIpc) is 3.44. The SMILES string of the molecule is Cc1nc(CN2CCC(c3ccc4cc(C5CC5)cnc4n3)CC2)cs1. The number of hydrogen-bond donors (Lipinski definition) is 0. The summed E-state index contributed by atoms with van der Waals surface area (Å²) in [6, 6.07) is 6.74. The van der Waals surface area contributed by atoms with E-state index in [1.165, 1.54) is 48.0 Å². The summed E-state index contributed by atoms with van der Waals surface area (Å²) in [5.74, 6) is 1.30. The number of aryl methyl sites for hydroxylation is 1. The summed E-state index contributed by atoms with van der Waals surface area (Å²) in [6.45, 7) is 5.30. The van der Waals surface area contributed by atoms with Gasteiger partial charge in [-0.2, -0.15) is 0 Å². The number of hydrogen-bond acceptors (Lipinski definition) is 5. The molecule has 3 aromatic rings. The molecule has 26 heavy (non-hydrogen) atoms. The zero-order valence-electron chi connectivity index (χ0n) is 15.2. The normalized spacial score (nSPS) is 19.3. The molecule has 0 N–H and O–H groups in total. The van der Waals surface area contributed by atoms with Gasteiger partial charge in [0.25, 0.3) is 0 Å². The zero-order chi connectivity index (χ0) is 17.5. The summed E-state index contributed by atoms with van der Waals surface area (Å²) >= 11 is 1.74. The highest BCUT2D eigenvalue weighted by Gasteiger charge is 2.25. The van der Waals surface area contributed by atoms with Gasteiger partial charge in [-0.05, 0) is 75.4 Å². The highest BCUT2D eigenvalue weighted by atomic mass is 32.1. The Hall–Kier alpha value is -1.85. The molecule has 0 unspecified atom stereocenters. The van der Waals surface area contributed by atoms with E-state index in [0.717, 1.165) is 36.2 Å². The molecule has 0 radical (unpaired) electrons. The first kappa shape index (κ1) is 16.3. The molecule has 0 aromatic carbocycles. The van der Waals surface area contributed by atoms with E-state index < -0.39 is 0 Å². The fraction of sp³-hybridized carbons (Fsp3) is 0.476. The van der Waals surface area contributed by atoms with E-state index in [2.05, 4.69) is 45.4 Å². The van der Waals surface area contributed by atoms with Crippen LogP contribution in [0.5, 0.6) is 0 Å². The van der Waals surface area contributed by atoms with Gasteiger partial charge in [0, 0.05) is 35.1 Å². The molecular formula is C21H24N4S. The third-order valence-corrected chi connectivity index (χ3v) is 6.51. The molecule has 1 saturated heterocycles. The van der Waals surface area contributed by atoms with Gasteiger partial charge in [0.2, 0.25) is 0 Å². The molecule has 0 spiro atoms. The van der Waals surface area contributed by atoms with Crippen molar-refractivity contribution >= 4 is 22.4 Å². The molecule has 4 heterocycles. The van der Waals surface area contributed by atoms with Gasteiger partial charge in [-0.15, -0.1) is 11.3 Å². The summed E-state index contributed by atoms with van der Waals surface area (Å²) in [6.07, 6.45) is 7.01. The molecule has 2 fully saturated rings. The summed E-state index contributed by atoms with van der Waals surface area (Å²) in [4.78, 5) is 16.7. The van der Waals surface area contributed by atoms with E-state index in [1.54, 1.807) is 11.3 Å². The van der Waals surface area contributed by atoms with E-state index >= 15 is 0 Å². The molecular weight excluding hydrogens is 340 g/mol. The number of pyridine rings is 2. The second-order valence-electron chi connectivity index (χ2n) is 7.73. The second-order valence-corrected chi connectivity index (χ2v) is 8.80. The number of rotatable bonds is 4. The molecule has 1 aliphatic heterocycles. The van der Waals surface area contributed by atoms with Crippen LogP contribution in [0.3, 0.4) is 0 Å². The third kappa shape index (κ3) is 3.38. The lowest BCUT2D eigenvalue weighted by atomic mass is 9.92. The Balaban J connectivity index is 1.26. The number of likely N-dealkylation sites (tertiary alicyclic amines) is 1. The van der Waals surface area contributed by atoms with Crippen molar-refractivity contribution in [2.45, 2.75) is 51.0 Å². The van der Waals surface area contributed by atoms with Gasteiger partial charge in [0.05, 0.1) is 10.7 Å². The highest BCUT2D eigenvalue weighted by Crippen LogP contribution is 2.40. The van der Waals surface area contributed by atoms with E-state index in [-0.39, 0.29) is 0 Å². The largest absolute Gasteiger partial charge is 0.297 e. The maximum atomic E-state index is 4.89. The van der Waals surface area contributed by atoms with Crippen molar-refractivity contribution in [2.24, 2.45) is 0 Å².